The van der Waals surface area contributed by atoms with Crippen LogP contribution in [0.15, 0.2) is 109 Å². The van der Waals surface area contributed by atoms with Gasteiger partial charge in [-0.15, -0.1) is 11.3 Å². The molecule has 0 spiro atoms. The van der Waals surface area contributed by atoms with Crippen molar-refractivity contribution in [2.45, 2.75) is 19.4 Å². The number of amides is 1. The Hall–Kier alpha value is -5.41. The molecule has 2 aromatic heterocycles. The van der Waals surface area contributed by atoms with Crippen molar-refractivity contribution in [1.29, 1.82) is 0 Å². The van der Waals surface area contributed by atoms with Gasteiger partial charge in [0.2, 0.25) is 0 Å². The maximum atomic E-state index is 13.2. The SMILES string of the molecule is CCC(OC(=O)c1ccc2nc(-c3ccccc3)c(-c3ccccc3)nc2c1)C(=O)Nc1nc(-c2ccc(OC)cc2)cs1. The number of rotatable bonds is 9. The van der Waals surface area contributed by atoms with Gasteiger partial charge in [0.15, 0.2) is 11.2 Å². The van der Waals surface area contributed by atoms with Crippen LogP contribution in [0.5, 0.6) is 5.75 Å². The Labute approximate surface area is 258 Å². The summed E-state index contributed by atoms with van der Waals surface area (Å²) in [5.74, 6) is -0.324. The van der Waals surface area contributed by atoms with Gasteiger partial charge in [-0.2, -0.15) is 0 Å². The van der Waals surface area contributed by atoms with Crippen molar-refractivity contribution in [1.82, 2.24) is 15.0 Å². The topological polar surface area (TPSA) is 103 Å². The van der Waals surface area contributed by atoms with Crippen molar-refractivity contribution in [3.63, 3.8) is 0 Å². The monoisotopic (exact) mass is 600 g/mol. The lowest BCUT2D eigenvalue weighted by atomic mass is 10.0. The summed E-state index contributed by atoms with van der Waals surface area (Å²) in [6, 6.07) is 32.2. The molecule has 0 aliphatic heterocycles. The molecular weight excluding hydrogens is 572 g/mol. The number of esters is 1. The molecule has 1 unspecified atom stereocenters. The van der Waals surface area contributed by atoms with Crippen LogP contribution in [-0.2, 0) is 9.53 Å². The van der Waals surface area contributed by atoms with E-state index < -0.39 is 18.0 Å². The first kappa shape index (κ1) is 28.7. The molecule has 8 nitrogen and oxygen atoms in total. The van der Waals surface area contributed by atoms with Gasteiger partial charge < -0.3 is 9.47 Å². The predicted molar refractivity (Wildman–Crippen MR) is 173 cm³/mol. The highest BCUT2D eigenvalue weighted by molar-refractivity contribution is 7.14. The van der Waals surface area contributed by atoms with E-state index in [9.17, 15) is 9.59 Å². The van der Waals surface area contributed by atoms with Crippen LogP contribution >= 0.6 is 11.3 Å². The number of methoxy groups -OCH3 is 1. The number of carbonyl (C=O) groups excluding carboxylic acids is 2. The van der Waals surface area contributed by atoms with E-state index >= 15 is 0 Å². The van der Waals surface area contributed by atoms with Gasteiger partial charge in [-0.3, -0.25) is 10.1 Å². The minimum absolute atomic E-state index is 0.278. The molecule has 6 aromatic rings. The molecule has 0 aliphatic rings. The normalized spacial score (nSPS) is 11.6. The number of thiazole rings is 1. The smallest absolute Gasteiger partial charge is 0.338 e. The number of ether oxygens (including phenoxy) is 2. The second kappa shape index (κ2) is 12.8. The van der Waals surface area contributed by atoms with E-state index in [-0.39, 0.29) is 5.56 Å². The van der Waals surface area contributed by atoms with E-state index in [4.69, 9.17) is 19.4 Å². The summed E-state index contributed by atoms with van der Waals surface area (Å²) in [4.78, 5) is 40.7. The first-order valence-corrected chi connectivity index (χ1v) is 14.9. The van der Waals surface area contributed by atoms with Crippen LogP contribution in [-0.4, -0.2) is 40.0 Å². The molecular formula is C35H28N4O4S. The molecule has 218 valence electrons. The van der Waals surface area contributed by atoms with Crippen LogP contribution in [0, 0.1) is 0 Å². The molecule has 0 saturated carbocycles. The van der Waals surface area contributed by atoms with Crippen LogP contribution in [0.4, 0.5) is 5.13 Å². The Morgan fingerprint density at radius 2 is 1.41 bits per heavy atom. The molecule has 4 aromatic carbocycles. The van der Waals surface area contributed by atoms with Gasteiger partial charge in [-0.1, -0.05) is 67.6 Å². The number of hydrogen-bond acceptors (Lipinski definition) is 8. The maximum absolute atomic E-state index is 13.2. The van der Waals surface area contributed by atoms with Gasteiger partial charge in [-0.25, -0.2) is 19.7 Å². The third kappa shape index (κ3) is 6.18. The van der Waals surface area contributed by atoms with Crippen molar-refractivity contribution < 1.29 is 19.1 Å². The van der Waals surface area contributed by atoms with Crippen molar-refractivity contribution in [3.8, 4) is 39.5 Å². The molecule has 2 heterocycles. The minimum Gasteiger partial charge on any atom is -0.497 e. The van der Waals surface area contributed by atoms with Gasteiger partial charge in [0.05, 0.1) is 40.8 Å². The first-order chi connectivity index (χ1) is 21.5. The van der Waals surface area contributed by atoms with Crippen molar-refractivity contribution in [2.75, 3.05) is 12.4 Å². The maximum Gasteiger partial charge on any atom is 0.338 e. The summed E-state index contributed by atoms with van der Waals surface area (Å²) in [5.41, 5.74) is 6.39. The Kier molecular flexibility index (Phi) is 8.38. The number of carbonyl (C=O) groups is 2. The second-order valence-electron chi connectivity index (χ2n) is 9.91. The number of anilines is 1. The van der Waals surface area contributed by atoms with Gasteiger partial charge >= 0.3 is 5.97 Å². The molecule has 0 radical (unpaired) electrons. The standard InChI is InChI=1S/C35H28N4O4S/c1-3-30(33(40)39-35-38-29(21-44-35)22-14-17-26(42-2)18-15-22)43-34(41)25-16-19-27-28(20-25)37-32(24-12-8-5-9-13-24)31(36-27)23-10-6-4-7-11-23/h4-21,30H,3H2,1-2H3,(H,38,39,40). The van der Waals surface area contributed by atoms with Crippen LogP contribution in [0.1, 0.15) is 23.7 Å². The molecule has 44 heavy (non-hydrogen) atoms. The van der Waals surface area contributed by atoms with Crippen LogP contribution < -0.4 is 10.1 Å². The third-order valence-corrected chi connectivity index (χ3v) is 7.78. The number of nitrogens with one attached hydrogen (secondary N) is 1. The van der Waals surface area contributed by atoms with E-state index in [0.29, 0.717) is 28.3 Å². The molecule has 0 saturated heterocycles. The fraction of sp³-hybridized carbons (Fsp3) is 0.114. The van der Waals surface area contributed by atoms with Crippen molar-refractivity contribution in [3.05, 3.63) is 114 Å². The summed E-state index contributed by atoms with van der Waals surface area (Å²) < 4.78 is 10.9. The summed E-state index contributed by atoms with van der Waals surface area (Å²) in [5, 5.41) is 5.05. The van der Waals surface area contributed by atoms with Crippen molar-refractivity contribution in [2.24, 2.45) is 0 Å². The van der Waals surface area contributed by atoms with Crippen LogP contribution in [0.25, 0.3) is 44.8 Å². The van der Waals surface area contributed by atoms with Gasteiger partial charge in [0, 0.05) is 22.1 Å². The lowest BCUT2D eigenvalue weighted by Gasteiger charge is -2.15. The lowest BCUT2D eigenvalue weighted by molar-refractivity contribution is -0.124. The van der Waals surface area contributed by atoms with E-state index in [1.165, 1.54) is 11.3 Å². The zero-order chi connectivity index (χ0) is 30.5. The zero-order valence-electron chi connectivity index (χ0n) is 24.1. The van der Waals surface area contributed by atoms with E-state index in [2.05, 4.69) is 10.3 Å². The largest absolute Gasteiger partial charge is 0.497 e. The summed E-state index contributed by atoms with van der Waals surface area (Å²) in [7, 11) is 1.61. The van der Waals surface area contributed by atoms with Gasteiger partial charge in [0.1, 0.15) is 5.75 Å². The number of hydrogen-bond donors (Lipinski definition) is 1. The van der Waals surface area contributed by atoms with Gasteiger partial charge in [-0.05, 0) is 48.9 Å². The first-order valence-electron chi connectivity index (χ1n) is 14.1. The van der Waals surface area contributed by atoms with E-state index in [1.807, 2.05) is 90.3 Å². The highest BCUT2D eigenvalue weighted by Crippen LogP contribution is 2.31. The quantitative estimate of drug-likeness (QED) is 0.170. The predicted octanol–water partition coefficient (Wildman–Crippen LogP) is 7.67. The summed E-state index contributed by atoms with van der Waals surface area (Å²) in [6.45, 7) is 1.78. The fourth-order valence-electron chi connectivity index (χ4n) is 4.71. The molecule has 6 rings (SSSR count). The Morgan fingerprint density at radius 3 is 2.02 bits per heavy atom. The summed E-state index contributed by atoms with van der Waals surface area (Å²) >= 11 is 1.30. The Balaban J connectivity index is 1.21. The van der Waals surface area contributed by atoms with E-state index in [1.54, 1.807) is 32.2 Å². The number of aromatic nitrogens is 3. The summed E-state index contributed by atoms with van der Waals surface area (Å²) in [6.07, 6.45) is -0.710. The third-order valence-electron chi connectivity index (χ3n) is 7.03. The average Bonchev–Trinajstić information content (AvgIpc) is 3.55. The molecule has 1 amide bonds. The number of nitrogens with zero attached hydrogens (tertiary/aromatic N) is 3. The molecule has 0 aliphatic carbocycles. The lowest BCUT2D eigenvalue weighted by Crippen LogP contribution is -2.32. The Morgan fingerprint density at radius 1 is 0.773 bits per heavy atom. The Bertz CT molecular complexity index is 1930. The molecule has 1 atom stereocenters. The fourth-order valence-corrected chi connectivity index (χ4v) is 5.43. The number of fused-ring (bicyclic) bond motifs is 1. The highest BCUT2D eigenvalue weighted by Gasteiger charge is 2.24. The van der Waals surface area contributed by atoms with Crippen molar-refractivity contribution >= 4 is 39.4 Å². The van der Waals surface area contributed by atoms with Gasteiger partial charge in [0.25, 0.3) is 5.91 Å². The molecule has 9 heteroatoms. The zero-order valence-corrected chi connectivity index (χ0v) is 24.9. The highest BCUT2D eigenvalue weighted by atomic mass is 32.1. The molecule has 0 fully saturated rings. The van der Waals surface area contributed by atoms with Crippen LogP contribution in [0.2, 0.25) is 0 Å². The molecule has 1 N–H and O–H groups in total. The molecule has 0 bridgehead atoms. The minimum atomic E-state index is -1.00. The number of benzene rings is 4. The average molecular weight is 601 g/mol. The van der Waals surface area contributed by atoms with E-state index in [0.717, 1.165) is 33.8 Å². The second-order valence-corrected chi connectivity index (χ2v) is 10.8. The van der Waals surface area contributed by atoms with Crippen LogP contribution in [0.3, 0.4) is 0 Å².